The maximum absolute atomic E-state index is 4.43. The van der Waals surface area contributed by atoms with Crippen LogP contribution in [0.15, 0.2) is 23.0 Å². The quantitative estimate of drug-likeness (QED) is 0.815. The topological polar surface area (TPSA) is 19.4 Å². The van der Waals surface area contributed by atoms with Crippen molar-refractivity contribution in [2.45, 2.75) is 45.3 Å². The minimum atomic E-state index is 0.604. The number of nitrogens with zero attached hydrogens (tertiary/aromatic N) is 3. The number of thiophene rings is 1. The first kappa shape index (κ1) is 15.8. The summed E-state index contributed by atoms with van der Waals surface area (Å²) in [6.07, 6.45) is 6.04. The molecule has 2 fully saturated rings. The number of likely N-dealkylation sites (tertiary alicyclic amines) is 1. The van der Waals surface area contributed by atoms with Gasteiger partial charge in [-0.2, -0.15) is 0 Å². The molecule has 5 heteroatoms. The molecule has 124 valence electrons. The van der Waals surface area contributed by atoms with E-state index in [4.69, 9.17) is 0 Å². The Bertz CT molecular complexity index is 641. The Hall–Kier alpha value is -0.750. The molecule has 1 saturated heterocycles. The van der Waals surface area contributed by atoms with E-state index in [-0.39, 0.29) is 0 Å². The summed E-state index contributed by atoms with van der Waals surface area (Å²) < 4.78 is 0. The highest BCUT2D eigenvalue weighted by atomic mass is 32.1. The molecule has 0 N–H and O–H groups in total. The summed E-state index contributed by atoms with van der Waals surface area (Å²) in [5.41, 5.74) is 2.07. The van der Waals surface area contributed by atoms with Crippen molar-refractivity contribution in [3.63, 3.8) is 0 Å². The van der Waals surface area contributed by atoms with E-state index in [2.05, 4.69) is 45.6 Å². The van der Waals surface area contributed by atoms with Crippen LogP contribution in [0.3, 0.4) is 0 Å². The van der Waals surface area contributed by atoms with Crippen LogP contribution in [0.1, 0.15) is 34.7 Å². The summed E-state index contributed by atoms with van der Waals surface area (Å²) in [6, 6.07) is 3.02. The molecule has 3 heterocycles. The van der Waals surface area contributed by atoms with E-state index in [1.165, 1.54) is 42.9 Å². The smallest absolute Gasteiger partial charge is 0.107 e. The first-order valence-electron chi connectivity index (χ1n) is 8.50. The van der Waals surface area contributed by atoms with Crippen molar-refractivity contribution in [1.82, 2.24) is 14.8 Å². The van der Waals surface area contributed by atoms with Gasteiger partial charge in [-0.3, -0.25) is 9.80 Å². The molecule has 0 radical (unpaired) electrons. The van der Waals surface area contributed by atoms with Crippen LogP contribution < -0.4 is 0 Å². The van der Waals surface area contributed by atoms with Gasteiger partial charge in [-0.05, 0) is 68.7 Å². The van der Waals surface area contributed by atoms with Crippen LogP contribution in [0.2, 0.25) is 0 Å². The third-order valence-corrected chi connectivity index (χ3v) is 7.51. The average Bonchev–Trinajstić information content (AvgIpc) is 2.88. The second-order valence-electron chi connectivity index (χ2n) is 7.23. The first-order valence-corrected chi connectivity index (χ1v) is 10.3. The van der Waals surface area contributed by atoms with E-state index in [9.17, 15) is 0 Å². The predicted octanol–water partition coefficient (Wildman–Crippen LogP) is 4.00. The van der Waals surface area contributed by atoms with Gasteiger partial charge in [0.05, 0.1) is 6.54 Å². The number of hydrogen-bond acceptors (Lipinski definition) is 5. The fraction of sp³-hybridized carbons (Fsp3) is 0.611. The predicted molar refractivity (Wildman–Crippen MR) is 98.0 cm³/mol. The summed E-state index contributed by atoms with van der Waals surface area (Å²) in [4.78, 5) is 11.2. The van der Waals surface area contributed by atoms with Crippen LogP contribution in [0.25, 0.3) is 0 Å². The van der Waals surface area contributed by atoms with Gasteiger partial charge in [0.15, 0.2) is 0 Å². The molecule has 1 saturated carbocycles. The van der Waals surface area contributed by atoms with Crippen LogP contribution >= 0.6 is 22.7 Å². The number of aromatic nitrogens is 1. The molecular weight excluding hydrogens is 322 g/mol. The highest BCUT2D eigenvalue weighted by Crippen LogP contribution is 2.56. The van der Waals surface area contributed by atoms with Crippen LogP contribution in [0.4, 0.5) is 0 Å². The SMILES string of the molecule is Cc1ccsc1CN1CCC2(CC1)C[C@H]2N(C)Cc1nccs1. The normalized spacial score (nSPS) is 23.7. The third-order valence-electron chi connectivity index (χ3n) is 5.73. The van der Waals surface area contributed by atoms with Crippen LogP contribution in [0, 0.1) is 12.3 Å². The second-order valence-corrected chi connectivity index (χ2v) is 9.21. The Morgan fingerprint density at radius 2 is 2.13 bits per heavy atom. The zero-order chi connectivity index (χ0) is 15.9. The first-order chi connectivity index (χ1) is 11.2. The number of rotatable bonds is 5. The minimum absolute atomic E-state index is 0.604. The summed E-state index contributed by atoms with van der Waals surface area (Å²) >= 11 is 3.69. The highest BCUT2D eigenvalue weighted by molar-refractivity contribution is 7.10. The Kier molecular flexibility index (Phi) is 4.30. The average molecular weight is 348 g/mol. The van der Waals surface area contributed by atoms with Crippen LogP contribution in [0.5, 0.6) is 0 Å². The van der Waals surface area contributed by atoms with Gasteiger partial charge in [-0.25, -0.2) is 4.98 Å². The molecule has 0 unspecified atom stereocenters. The van der Waals surface area contributed by atoms with Crippen molar-refractivity contribution < 1.29 is 0 Å². The molecule has 1 spiro atoms. The maximum Gasteiger partial charge on any atom is 0.107 e. The van der Waals surface area contributed by atoms with Gasteiger partial charge >= 0.3 is 0 Å². The van der Waals surface area contributed by atoms with E-state index < -0.39 is 0 Å². The molecule has 3 nitrogen and oxygen atoms in total. The fourth-order valence-corrected chi connectivity index (χ4v) is 5.69. The Morgan fingerprint density at radius 1 is 1.30 bits per heavy atom. The summed E-state index contributed by atoms with van der Waals surface area (Å²) in [7, 11) is 2.28. The number of piperidine rings is 1. The Morgan fingerprint density at radius 3 is 2.78 bits per heavy atom. The van der Waals surface area contributed by atoms with Crippen molar-refractivity contribution in [3.8, 4) is 0 Å². The van der Waals surface area contributed by atoms with Gasteiger partial charge in [0, 0.05) is 29.0 Å². The monoisotopic (exact) mass is 347 g/mol. The Labute approximate surface area is 147 Å². The van der Waals surface area contributed by atoms with Gasteiger partial charge in [-0.1, -0.05) is 0 Å². The lowest BCUT2D eigenvalue weighted by atomic mass is 9.92. The van der Waals surface area contributed by atoms with Crippen LogP contribution in [-0.2, 0) is 13.1 Å². The summed E-state index contributed by atoms with van der Waals surface area (Å²) in [5, 5.41) is 5.55. The van der Waals surface area contributed by atoms with E-state index >= 15 is 0 Å². The molecule has 2 aromatic heterocycles. The molecule has 1 aliphatic heterocycles. The summed E-state index contributed by atoms with van der Waals surface area (Å²) in [5.74, 6) is 0. The van der Waals surface area contributed by atoms with Gasteiger partial charge < -0.3 is 0 Å². The lowest BCUT2D eigenvalue weighted by Gasteiger charge is -2.34. The number of hydrogen-bond donors (Lipinski definition) is 0. The van der Waals surface area contributed by atoms with Crippen molar-refractivity contribution in [1.29, 1.82) is 0 Å². The van der Waals surface area contributed by atoms with Crippen molar-refractivity contribution in [3.05, 3.63) is 38.5 Å². The highest BCUT2D eigenvalue weighted by Gasteiger charge is 2.56. The lowest BCUT2D eigenvalue weighted by Crippen LogP contribution is -2.37. The van der Waals surface area contributed by atoms with Gasteiger partial charge in [0.25, 0.3) is 0 Å². The fourth-order valence-electron chi connectivity index (χ4n) is 4.07. The van der Waals surface area contributed by atoms with E-state index in [0.717, 1.165) is 19.1 Å². The molecule has 0 aromatic carbocycles. The molecule has 1 atom stereocenters. The van der Waals surface area contributed by atoms with E-state index in [1.54, 1.807) is 16.2 Å². The molecule has 0 bridgehead atoms. The van der Waals surface area contributed by atoms with E-state index in [1.807, 2.05) is 17.5 Å². The lowest BCUT2D eigenvalue weighted by molar-refractivity contribution is 0.140. The third kappa shape index (κ3) is 3.25. The number of aryl methyl sites for hydroxylation is 1. The standard InChI is InChI=1S/C18H25N3S2/c1-14-3-9-22-15(14)12-21-7-4-18(5-8-21)11-16(18)20(2)13-17-19-6-10-23-17/h3,6,9-10,16H,4-5,7-8,11-13H2,1-2H3/t16-/m1/s1. The summed E-state index contributed by atoms with van der Waals surface area (Å²) in [6.45, 7) is 6.93. The van der Waals surface area contributed by atoms with Gasteiger partial charge in [0.2, 0.25) is 0 Å². The molecule has 4 rings (SSSR count). The molecule has 2 aromatic rings. The zero-order valence-corrected chi connectivity index (χ0v) is 15.6. The molecular formula is C18H25N3S2. The van der Waals surface area contributed by atoms with Crippen molar-refractivity contribution in [2.75, 3.05) is 20.1 Å². The Balaban J connectivity index is 1.29. The largest absolute Gasteiger partial charge is 0.298 e. The molecule has 0 amide bonds. The van der Waals surface area contributed by atoms with Crippen molar-refractivity contribution >= 4 is 22.7 Å². The minimum Gasteiger partial charge on any atom is -0.298 e. The van der Waals surface area contributed by atoms with Crippen LogP contribution in [-0.4, -0.2) is 41.0 Å². The maximum atomic E-state index is 4.43. The second kappa shape index (κ2) is 6.28. The molecule has 1 aliphatic carbocycles. The molecule has 23 heavy (non-hydrogen) atoms. The molecule has 2 aliphatic rings. The van der Waals surface area contributed by atoms with Gasteiger partial charge in [-0.15, -0.1) is 22.7 Å². The van der Waals surface area contributed by atoms with Gasteiger partial charge in [0.1, 0.15) is 5.01 Å². The van der Waals surface area contributed by atoms with E-state index in [0.29, 0.717) is 5.41 Å². The van der Waals surface area contributed by atoms with Crippen molar-refractivity contribution in [2.24, 2.45) is 5.41 Å². The number of thiazole rings is 1. The zero-order valence-electron chi connectivity index (χ0n) is 14.0.